The zero-order valence-corrected chi connectivity index (χ0v) is 15.3. The van der Waals surface area contributed by atoms with E-state index in [1.807, 2.05) is 54.6 Å². The molecule has 0 aliphatic rings. The van der Waals surface area contributed by atoms with E-state index in [0.717, 1.165) is 22.5 Å². The molecule has 0 unspecified atom stereocenters. The molecular weight excluding hydrogens is 362 g/mol. The highest BCUT2D eigenvalue weighted by molar-refractivity contribution is 7.15. The van der Waals surface area contributed by atoms with Gasteiger partial charge < -0.3 is 4.74 Å². The molecule has 0 fully saturated rings. The van der Waals surface area contributed by atoms with Crippen molar-refractivity contribution in [1.29, 1.82) is 0 Å². The van der Waals surface area contributed by atoms with E-state index in [-0.39, 0.29) is 16.2 Å². The lowest BCUT2D eigenvalue weighted by molar-refractivity contribution is 0.414. The van der Waals surface area contributed by atoms with Gasteiger partial charge >= 0.3 is 0 Å². The van der Waals surface area contributed by atoms with Gasteiger partial charge in [-0.3, -0.25) is 9.59 Å². The van der Waals surface area contributed by atoms with E-state index >= 15 is 0 Å². The highest BCUT2D eigenvalue weighted by Gasteiger charge is 2.12. The van der Waals surface area contributed by atoms with Crippen LogP contribution < -0.4 is 20.4 Å². The Kier molecular flexibility index (Phi) is 4.52. The van der Waals surface area contributed by atoms with Gasteiger partial charge in [-0.1, -0.05) is 59.9 Å². The average Bonchev–Trinajstić information content (AvgIpc) is 2.98. The molecule has 0 saturated heterocycles. The molecule has 0 atom stereocenters. The summed E-state index contributed by atoms with van der Waals surface area (Å²) in [4.78, 5) is 29.4. The van der Waals surface area contributed by atoms with Crippen LogP contribution in [0.5, 0.6) is 5.75 Å². The van der Waals surface area contributed by atoms with Crippen LogP contribution in [0.2, 0.25) is 0 Å². The molecule has 27 heavy (non-hydrogen) atoms. The lowest BCUT2D eigenvalue weighted by Gasteiger charge is -2.02. The van der Waals surface area contributed by atoms with E-state index in [4.69, 9.17) is 4.74 Å². The van der Waals surface area contributed by atoms with Crippen LogP contribution in [-0.2, 0) is 6.42 Å². The molecular formula is C20H15N3O3S. The van der Waals surface area contributed by atoms with Crippen molar-refractivity contribution < 1.29 is 4.74 Å². The molecule has 134 valence electrons. The summed E-state index contributed by atoms with van der Waals surface area (Å²) in [5.74, 6) is 0.662. The van der Waals surface area contributed by atoms with E-state index in [1.54, 1.807) is 13.2 Å². The van der Waals surface area contributed by atoms with Crippen LogP contribution in [0, 0.1) is 0 Å². The standard InChI is InChI=1S/C20H15N3O3S/c1-26-16-10-6-5-9-14(16)12-17-19(25)23-20(27-17)21-18(24)15(22-23)11-13-7-3-2-4-8-13/h2-10,12H,11H2,1H3/b17-12+. The van der Waals surface area contributed by atoms with Gasteiger partial charge in [0.15, 0.2) is 0 Å². The van der Waals surface area contributed by atoms with E-state index in [2.05, 4.69) is 10.1 Å². The smallest absolute Gasteiger partial charge is 0.296 e. The minimum absolute atomic E-state index is 0.248. The fourth-order valence-electron chi connectivity index (χ4n) is 2.77. The first-order valence-electron chi connectivity index (χ1n) is 8.27. The Hall–Kier alpha value is -3.32. The number of hydrogen-bond acceptors (Lipinski definition) is 6. The minimum Gasteiger partial charge on any atom is -0.496 e. The monoisotopic (exact) mass is 377 g/mol. The molecule has 0 spiro atoms. The van der Waals surface area contributed by atoms with Gasteiger partial charge in [-0.2, -0.15) is 14.6 Å². The Morgan fingerprint density at radius 1 is 1.07 bits per heavy atom. The first-order valence-corrected chi connectivity index (χ1v) is 9.09. The van der Waals surface area contributed by atoms with Crippen LogP contribution in [0.3, 0.4) is 0 Å². The molecule has 4 aromatic rings. The van der Waals surface area contributed by atoms with Crippen molar-refractivity contribution >= 4 is 22.4 Å². The fraction of sp³-hybridized carbons (Fsp3) is 0.100. The van der Waals surface area contributed by atoms with E-state index in [1.165, 1.54) is 4.52 Å². The maximum Gasteiger partial charge on any atom is 0.296 e. The van der Waals surface area contributed by atoms with Gasteiger partial charge in [-0.25, -0.2) is 0 Å². The maximum atomic E-state index is 12.7. The van der Waals surface area contributed by atoms with Crippen molar-refractivity contribution in [3.63, 3.8) is 0 Å². The highest BCUT2D eigenvalue weighted by Crippen LogP contribution is 2.17. The summed E-state index contributed by atoms with van der Waals surface area (Å²) in [6.45, 7) is 0. The van der Waals surface area contributed by atoms with Crippen LogP contribution in [0.1, 0.15) is 16.8 Å². The maximum absolute atomic E-state index is 12.7. The number of ether oxygens (including phenoxy) is 1. The lowest BCUT2D eigenvalue weighted by atomic mass is 10.1. The Balaban J connectivity index is 1.84. The molecule has 2 heterocycles. The summed E-state index contributed by atoms with van der Waals surface area (Å²) < 4.78 is 6.96. The summed E-state index contributed by atoms with van der Waals surface area (Å²) in [7, 11) is 1.58. The van der Waals surface area contributed by atoms with Gasteiger partial charge in [0.1, 0.15) is 11.4 Å². The van der Waals surface area contributed by atoms with Gasteiger partial charge in [-0.15, -0.1) is 0 Å². The zero-order chi connectivity index (χ0) is 18.8. The summed E-state index contributed by atoms with van der Waals surface area (Å²) in [5, 5.41) is 4.26. The molecule has 0 amide bonds. The quantitative estimate of drug-likeness (QED) is 0.541. The zero-order valence-electron chi connectivity index (χ0n) is 14.5. The topological polar surface area (TPSA) is 73.6 Å². The van der Waals surface area contributed by atoms with Crippen LogP contribution in [-0.4, -0.2) is 21.7 Å². The minimum atomic E-state index is -0.413. The average molecular weight is 377 g/mol. The van der Waals surface area contributed by atoms with Crippen molar-refractivity contribution in [2.45, 2.75) is 6.42 Å². The molecule has 0 bridgehead atoms. The number of para-hydroxylation sites is 1. The molecule has 4 rings (SSSR count). The summed E-state index contributed by atoms with van der Waals surface area (Å²) in [5.41, 5.74) is 1.24. The Morgan fingerprint density at radius 2 is 1.81 bits per heavy atom. The SMILES string of the molecule is COc1ccccc1/C=c1/sc2nc(=O)c(Cc3ccccc3)nn2c1=O. The third kappa shape index (κ3) is 3.37. The molecule has 2 aromatic carbocycles. The van der Waals surface area contributed by atoms with Crippen molar-refractivity contribution in [2.24, 2.45) is 0 Å². The number of benzene rings is 2. The molecule has 6 nitrogen and oxygen atoms in total. The number of nitrogens with zero attached hydrogens (tertiary/aromatic N) is 3. The van der Waals surface area contributed by atoms with Gasteiger partial charge in [-0.05, 0) is 17.7 Å². The molecule has 0 aliphatic carbocycles. The second kappa shape index (κ2) is 7.13. The number of hydrogen-bond donors (Lipinski definition) is 0. The van der Waals surface area contributed by atoms with Crippen LogP contribution in [0.15, 0.2) is 64.2 Å². The number of thiazole rings is 1. The van der Waals surface area contributed by atoms with Crippen LogP contribution in [0.4, 0.5) is 0 Å². The summed E-state index contributed by atoms with van der Waals surface area (Å²) in [6.07, 6.45) is 2.06. The summed E-state index contributed by atoms with van der Waals surface area (Å²) >= 11 is 1.13. The van der Waals surface area contributed by atoms with Crippen molar-refractivity contribution in [3.8, 4) is 5.75 Å². The molecule has 0 N–H and O–H groups in total. The van der Waals surface area contributed by atoms with Crippen molar-refractivity contribution in [3.05, 3.63) is 96.7 Å². The molecule has 0 saturated carbocycles. The van der Waals surface area contributed by atoms with Crippen molar-refractivity contribution in [1.82, 2.24) is 14.6 Å². The normalized spacial score (nSPS) is 11.8. The predicted octanol–water partition coefficient (Wildman–Crippen LogP) is 1.66. The molecule has 0 radical (unpaired) electrons. The van der Waals surface area contributed by atoms with Gasteiger partial charge in [0.05, 0.1) is 11.6 Å². The predicted molar refractivity (Wildman–Crippen MR) is 104 cm³/mol. The first-order chi connectivity index (χ1) is 13.2. The summed E-state index contributed by atoms with van der Waals surface area (Å²) in [6, 6.07) is 16.9. The van der Waals surface area contributed by atoms with E-state index < -0.39 is 5.56 Å². The number of rotatable bonds is 4. The molecule has 7 heteroatoms. The Morgan fingerprint density at radius 3 is 2.59 bits per heavy atom. The van der Waals surface area contributed by atoms with Gasteiger partial charge in [0.25, 0.3) is 11.1 Å². The highest BCUT2D eigenvalue weighted by atomic mass is 32.1. The first kappa shape index (κ1) is 17.1. The number of fused-ring (bicyclic) bond motifs is 1. The van der Waals surface area contributed by atoms with Gasteiger partial charge in [0.2, 0.25) is 4.96 Å². The molecule has 0 aliphatic heterocycles. The Bertz CT molecular complexity index is 1280. The fourth-order valence-corrected chi connectivity index (χ4v) is 3.66. The second-order valence-electron chi connectivity index (χ2n) is 5.88. The van der Waals surface area contributed by atoms with Gasteiger partial charge in [0, 0.05) is 12.0 Å². The van der Waals surface area contributed by atoms with E-state index in [0.29, 0.717) is 16.7 Å². The van der Waals surface area contributed by atoms with Crippen LogP contribution in [0.25, 0.3) is 11.0 Å². The largest absolute Gasteiger partial charge is 0.496 e. The number of aromatic nitrogens is 3. The third-order valence-electron chi connectivity index (χ3n) is 4.09. The molecule has 2 aromatic heterocycles. The van der Waals surface area contributed by atoms with E-state index in [9.17, 15) is 9.59 Å². The lowest BCUT2D eigenvalue weighted by Crippen LogP contribution is -2.28. The van der Waals surface area contributed by atoms with Crippen molar-refractivity contribution in [2.75, 3.05) is 7.11 Å². The second-order valence-corrected chi connectivity index (χ2v) is 6.89. The Labute approximate surface area is 158 Å². The van der Waals surface area contributed by atoms with Crippen LogP contribution >= 0.6 is 11.3 Å². The number of methoxy groups -OCH3 is 1. The third-order valence-corrected chi connectivity index (χ3v) is 5.05.